The first kappa shape index (κ1) is 58.7. The Morgan fingerprint density at radius 2 is 0.475 bits per heavy atom. The summed E-state index contributed by atoms with van der Waals surface area (Å²) in [6, 6.07) is 42.5. The number of nitrogens with one attached hydrogen (secondary N) is 2. The third-order valence-electron chi connectivity index (χ3n) is 14.6. The largest absolute Gasteiger partial charge is 0.494 e. The minimum absolute atomic E-state index is 0.678. The fourth-order valence-electron chi connectivity index (χ4n) is 10.3. The van der Waals surface area contributed by atoms with Crippen molar-refractivity contribution < 1.29 is 18.9 Å². The number of thiol groups is 4. The van der Waals surface area contributed by atoms with Crippen molar-refractivity contribution in [3.05, 3.63) is 144 Å². The van der Waals surface area contributed by atoms with Gasteiger partial charge in [-0.1, -0.05) is 99.9 Å². The van der Waals surface area contributed by atoms with E-state index in [0.29, 0.717) is 26.4 Å². The van der Waals surface area contributed by atoms with E-state index in [1.54, 1.807) is 0 Å². The van der Waals surface area contributed by atoms with E-state index in [4.69, 9.17) is 28.9 Å². The Balaban J connectivity index is 1.20. The van der Waals surface area contributed by atoms with Crippen molar-refractivity contribution in [3.63, 3.8) is 0 Å². The summed E-state index contributed by atoms with van der Waals surface area (Å²) >= 11 is 17.5. The highest BCUT2D eigenvalue weighted by atomic mass is 32.1. The number of ether oxygens (including phenoxy) is 4. The molecule has 0 radical (unpaired) electrons. The van der Waals surface area contributed by atoms with Gasteiger partial charge >= 0.3 is 0 Å². The Hall–Kier alpha value is -5.92. The maximum atomic E-state index is 6.27. The van der Waals surface area contributed by atoms with E-state index >= 15 is 0 Å². The van der Waals surface area contributed by atoms with Crippen LogP contribution in [0.2, 0.25) is 0 Å². The SMILES string of the molecule is SCCCCCCOc1ccc(-c2c3nc(c(-c4ccc(OCCCCCCS)cc4)c4ccc([nH]4)c(-c4ccc(OCCCCCCS)cc4)c4nc(c(-c5ccc(OCCCCCCS)cc5)c5ccc2[nH]5)C=C4)C=C3)cc1. The normalized spacial score (nSPS) is 11.8. The van der Waals surface area contributed by atoms with E-state index < -0.39 is 0 Å². The number of nitrogens with zero attached hydrogens (tertiary/aromatic N) is 2. The number of hydrogen-bond donors (Lipinski definition) is 6. The molecule has 2 aliphatic heterocycles. The monoisotopic (exact) mass is 1140 g/mol. The first-order valence-corrected chi connectivity index (χ1v) is 31.6. The van der Waals surface area contributed by atoms with Gasteiger partial charge in [0.2, 0.25) is 0 Å². The number of benzene rings is 4. The van der Waals surface area contributed by atoms with Gasteiger partial charge in [-0.3, -0.25) is 0 Å². The Labute approximate surface area is 496 Å². The van der Waals surface area contributed by atoms with E-state index in [0.717, 1.165) is 212 Å². The van der Waals surface area contributed by atoms with Gasteiger partial charge in [0, 0.05) is 44.3 Å². The molecule has 3 aromatic heterocycles. The zero-order valence-electron chi connectivity index (χ0n) is 46.1. The number of hydrogen-bond acceptors (Lipinski definition) is 10. The minimum atomic E-state index is 0.678. The van der Waals surface area contributed by atoms with E-state index in [-0.39, 0.29) is 0 Å². The fourth-order valence-corrected chi connectivity index (χ4v) is 11.2. The topological polar surface area (TPSA) is 94.3 Å². The van der Waals surface area contributed by atoms with Crippen LogP contribution in [-0.2, 0) is 0 Å². The lowest BCUT2D eigenvalue weighted by atomic mass is 10.0. The summed E-state index contributed by atoms with van der Waals surface area (Å²) in [5.41, 5.74) is 15.1. The summed E-state index contributed by atoms with van der Waals surface area (Å²) in [6.07, 6.45) is 26.3. The summed E-state index contributed by atoms with van der Waals surface area (Å²) in [5.74, 6) is 7.08. The first-order valence-electron chi connectivity index (χ1n) is 29.1. The number of rotatable bonds is 32. The standard InChI is InChI=1S/C68H78N4O4S4/c77-45-13-5-1-9-41-73-53-25-17-49(18-26-53)65-57-33-35-59(69-57)66(50-19-27-54(28-20-50)74-42-10-2-6-14-46-78)61-37-39-63(71-61)68(52-23-31-56(32-24-52)76-44-12-4-8-16-48-80)64-40-38-62(72-64)67(60-36-34-58(65)70-60)51-21-29-55(30-22-51)75-43-11-3-7-15-47-79/h17-40,69,72,77-80H,1-16,41-48H2. The van der Waals surface area contributed by atoms with Gasteiger partial charge in [-0.2, -0.15) is 50.5 Å². The van der Waals surface area contributed by atoms with Gasteiger partial charge in [0.25, 0.3) is 0 Å². The predicted octanol–water partition coefficient (Wildman–Crippen LogP) is 18.8. The molecular weight excluding hydrogens is 1070 g/mol. The molecule has 418 valence electrons. The summed E-state index contributed by atoms with van der Waals surface area (Å²) < 4.78 is 25.1. The lowest BCUT2D eigenvalue weighted by Crippen LogP contribution is -1.97. The molecular formula is C68H78N4O4S4. The maximum absolute atomic E-state index is 6.27. The van der Waals surface area contributed by atoms with Gasteiger partial charge in [-0.05, 0) is 194 Å². The second-order valence-electron chi connectivity index (χ2n) is 20.5. The van der Waals surface area contributed by atoms with Crippen molar-refractivity contribution in [2.45, 2.75) is 103 Å². The van der Waals surface area contributed by atoms with E-state index in [9.17, 15) is 0 Å². The minimum Gasteiger partial charge on any atom is -0.494 e. The van der Waals surface area contributed by atoms with Crippen molar-refractivity contribution in [2.24, 2.45) is 0 Å². The maximum Gasteiger partial charge on any atom is 0.119 e. The van der Waals surface area contributed by atoms with E-state index in [1.165, 1.54) is 25.7 Å². The average molecular weight is 1140 g/mol. The second-order valence-corrected chi connectivity index (χ2v) is 22.3. The van der Waals surface area contributed by atoms with Gasteiger partial charge in [0.1, 0.15) is 23.0 Å². The Morgan fingerprint density at radius 3 is 0.688 bits per heavy atom. The van der Waals surface area contributed by atoms with Crippen LogP contribution < -0.4 is 18.9 Å². The first-order chi connectivity index (χ1) is 39.5. The van der Waals surface area contributed by atoms with E-state index in [1.807, 2.05) is 0 Å². The van der Waals surface area contributed by atoms with E-state index in [2.05, 4.69) is 206 Å². The molecule has 4 aromatic carbocycles. The summed E-state index contributed by atoms with van der Waals surface area (Å²) in [4.78, 5) is 19.0. The molecule has 2 aliphatic rings. The van der Waals surface area contributed by atoms with Crippen molar-refractivity contribution in [2.75, 3.05) is 49.4 Å². The fraction of sp³-hybridized carbons (Fsp3) is 0.353. The third kappa shape index (κ3) is 16.2. The van der Waals surface area contributed by atoms with Gasteiger partial charge in [0.05, 0.1) is 49.2 Å². The highest BCUT2D eigenvalue weighted by Gasteiger charge is 2.20. The molecule has 8 bridgehead atoms. The molecule has 80 heavy (non-hydrogen) atoms. The zero-order chi connectivity index (χ0) is 55.1. The lowest BCUT2D eigenvalue weighted by molar-refractivity contribution is 0.305. The Kier molecular flexibility index (Phi) is 23.0. The lowest BCUT2D eigenvalue weighted by Gasteiger charge is -2.10. The van der Waals surface area contributed by atoms with Gasteiger partial charge < -0.3 is 28.9 Å². The number of aromatic amines is 2. The smallest absolute Gasteiger partial charge is 0.119 e. The van der Waals surface area contributed by atoms with Crippen molar-refractivity contribution >= 4 is 96.9 Å². The average Bonchev–Trinajstić information content (AvgIpc) is 4.38. The van der Waals surface area contributed by atoms with Crippen LogP contribution in [0, 0.1) is 0 Å². The van der Waals surface area contributed by atoms with Crippen LogP contribution in [0.25, 0.3) is 90.9 Å². The van der Waals surface area contributed by atoms with Crippen LogP contribution in [0.5, 0.6) is 23.0 Å². The molecule has 0 saturated carbocycles. The summed E-state index contributed by atoms with van der Waals surface area (Å²) in [7, 11) is 0. The van der Waals surface area contributed by atoms with Crippen molar-refractivity contribution in [1.82, 2.24) is 19.9 Å². The van der Waals surface area contributed by atoms with Crippen molar-refractivity contribution in [1.29, 1.82) is 0 Å². The zero-order valence-corrected chi connectivity index (χ0v) is 49.7. The van der Waals surface area contributed by atoms with Crippen LogP contribution in [0.4, 0.5) is 0 Å². The molecule has 2 N–H and O–H groups in total. The second kappa shape index (κ2) is 31.3. The van der Waals surface area contributed by atoms with Crippen LogP contribution in [0.3, 0.4) is 0 Å². The van der Waals surface area contributed by atoms with Crippen LogP contribution in [0.1, 0.15) is 126 Å². The highest BCUT2D eigenvalue weighted by molar-refractivity contribution is 7.80. The Morgan fingerprint density at radius 1 is 0.263 bits per heavy atom. The van der Waals surface area contributed by atoms with Gasteiger partial charge in [-0.15, -0.1) is 0 Å². The molecule has 9 rings (SSSR count). The van der Waals surface area contributed by atoms with Gasteiger partial charge in [-0.25, -0.2) is 9.97 Å². The molecule has 0 unspecified atom stereocenters. The molecule has 7 aromatic rings. The van der Waals surface area contributed by atoms with Gasteiger partial charge in [0.15, 0.2) is 0 Å². The molecule has 0 atom stereocenters. The number of unbranched alkanes of at least 4 members (excludes halogenated alkanes) is 12. The Bertz CT molecular complexity index is 2850. The molecule has 0 fully saturated rings. The predicted molar refractivity (Wildman–Crippen MR) is 352 cm³/mol. The molecule has 5 heterocycles. The third-order valence-corrected chi connectivity index (χ3v) is 15.9. The molecule has 12 heteroatoms. The molecule has 0 saturated heterocycles. The molecule has 0 amide bonds. The summed E-state index contributed by atoms with van der Waals surface area (Å²) in [6.45, 7) is 2.71. The molecule has 8 nitrogen and oxygen atoms in total. The molecule has 0 spiro atoms. The summed E-state index contributed by atoms with van der Waals surface area (Å²) in [5, 5.41) is 0. The van der Waals surface area contributed by atoms with Crippen LogP contribution >= 0.6 is 50.5 Å². The molecule has 0 aliphatic carbocycles. The number of fused-ring (bicyclic) bond motifs is 8. The number of H-pyrrole nitrogens is 2. The number of aromatic nitrogens is 4. The van der Waals surface area contributed by atoms with Crippen LogP contribution in [-0.4, -0.2) is 69.4 Å². The van der Waals surface area contributed by atoms with Crippen LogP contribution in [0.15, 0.2) is 121 Å². The van der Waals surface area contributed by atoms with Crippen molar-refractivity contribution in [3.8, 4) is 67.5 Å². The highest BCUT2D eigenvalue weighted by Crippen LogP contribution is 2.40. The quantitative estimate of drug-likeness (QED) is 0.0186.